The lowest BCUT2D eigenvalue weighted by atomic mass is 10.3. The molecule has 3 aromatic rings. The minimum Gasteiger partial charge on any atom is -0.361 e. The van der Waals surface area contributed by atoms with Crippen LogP contribution in [0.1, 0.15) is 17.1 Å². The molecular weight excluding hydrogens is 386 g/mol. The maximum Gasteiger partial charge on any atom is 0.226 e. The molecule has 0 bridgehead atoms. The quantitative estimate of drug-likeness (QED) is 0.710. The average molecular weight is 398 g/mol. The van der Waals surface area contributed by atoms with E-state index in [4.69, 9.17) is 4.52 Å². The van der Waals surface area contributed by atoms with Crippen LogP contribution in [0.3, 0.4) is 0 Å². The molecule has 0 aliphatic carbocycles. The molecule has 0 fully saturated rings. The van der Waals surface area contributed by atoms with E-state index >= 15 is 0 Å². The smallest absolute Gasteiger partial charge is 0.226 e. The van der Waals surface area contributed by atoms with Crippen molar-refractivity contribution in [3.05, 3.63) is 44.5 Å². The molecule has 0 saturated carbocycles. The van der Waals surface area contributed by atoms with E-state index in [-0.39, 0.29) is 12.3 Å². The molecule has 0 atom stereocenters. The van der Waals surface area contributed by atoms with E-state index in [9.17, 15) is 4.79 Å². The fourth-order valence-electron chi connectivity index (χ4n) is 1.84. The van der Waals surface area contributed by atoms with Crippen molar-refractivity contribution in [2.75, 3.05) is 0 Å². The second kappa shape index (κ2) is 6.72. The van der Waals surface area contributed by atoms with Gasteiger partial charge in [-0.1, -0.05) is 5.16 Å². The summed E-state index contributed by atoms with van der Waals surface area (Å²) < 4.78 is 6.00. The fraction of sp³-hybridized carbons (Fsp3) is 0.214. The Hall–Kier alpha value is -1.51. The second-order valence-electron chi connectivity index (χ2n) is 4.66. The van der Waals surface area contributed by atoms with Crippen LogP contribution in [0.2, 0.25) is 0 Å². The van der Waals surface area contributed by atoms with Gasteiger partial charge in [-0.05, 0) is 28.9 Å². The number of carbonyl (C=O) groups excluding carboxylic acids is 1. The van der Waals surface area contributed by atoms with Crippen molar-refractivity contribution in [3.63, 3.8) is 0 Å². The number of hydrogen-bond acceptors (Lipinski definition) is 6. The molecule has 5 nitrogen and oxygen atoms in total. The van der Waals surface area contributed by atoms with Crippen molar-refractivity contribution in [2.24, 2.45) is 0 Å². The lowest BCUT2D eigenvalue weighted by Gasteiger charge is -2.00. The molecule has 1 amide bonds. The van der Waals surface area contributed by atoms with Crippen molar-refractivity contribution in [1.82, 2.24) is 15.5 Å². The third kappa shape index (κ3) is 3.82. The van der Waals surface area contributed by atoms with Gasteiger partial charge in [-0.25, -0.2) is 4.98 Å². The van der Waals surface area contributed by atoms with E-state index in [0.717, 1.165) is 25.8 Å². The van der Waals surface area contributed by atoms with E-state index in [1.807, 2.05) is 23.8 Å². The van der Waals surface area contributed by atoms with Crippen molar-refractivity contribution < 1.29 is 9.32 Å². The Labute approximate surface area is 143 Å². The number of rotatable bonds is 5. The predicted octanol–water partition coefficient (Wildman–Crippen LogP) is 3.79. The second-order valence-corrected chi connectivity index (χ2v) is 7.34. The molecule has 22 heavy (non-hydrogen) atoms. The molecule has 0 spiro atoms. The van der Waals surface area contributed by atoms with Crippen LogP contribution in [0.15, 0.2) is 31.9 Å². The Kier molecular flexibility index (Phi) is 4.70. The third-order valence-corrected chi connectivity index (χ3v) is 5.57. The molecule has 1 N–H and O–H groups in total. The molecule has 0 unspecified atom stereocenters. The molecule has 0 radical (unpaired) electrons. The van der Waals surface area contributed by atoms with Crippen molar-refractivity contribution in [1.29, 1.82) is 0 Å². The molecule has 3 aromatic heterocycles. The van der Waals surface area contributed by atoms with Gasteiger partial charge in [0, 0.05) is 21.3 Å². The normalized spacial score (nSPS) is 10.8. The first kappa shape index (κ1) is 15.4. The van der Waals surface area contributed by atoms with Gasteiger partial charge in [-0.2, -0.15) is 0 Å². The molecule has 0 aliphatic rings. The summed E-state index contributed by atoms with van der Waals surface area (Å²) in [6, 6.07) is 3.83. The standard InChI is InChI=1S/C14H12BrN3O2S2/c1-8-2-10(18-20-8)5-16-13(19)4-11-7-22-14(17-11)12-3-9(15)6-21-12/h2-3,6-7H,4-5H2,1H3,(H,16,19). The molecule has 0 aliphatic heterocycles. The van der Waals surface area contributed by atoms with Crippen LogP contribution in [0, 0.1) is 6.92 Å². The summed E-state index contributed by atoms with van der Waals surface area (Å²) in [7, 11) is 0. The zero-order valence-corrected chi connectivity index (χ0v) is 14.8. The van der Waals surface area contributed by atoms with Crippen LogP contribution in [0.5, 0.6) is 0 Å². The number of thiazole rings is 1. The summed E-state index contributed by atoms with van der Waals surface area (Å²) in [6.45, 7) is 2.18. The number of aromatic nitrogens is 2. The van der Waals surface area contributed by atoms with Gasteiger partial charge in [0.05, 0.1) is 23.5 Å². The van der Waals surface area contributed by atoms with Crippen LogP contribution in [0.4, 0.5) is 0 Å². The lowest BCUT2D eigenvalue weighted by molar-refractivity contribution is -0.120. The summed E-state index contributed by atoms with van der Waals surface area (Å²) in [4.78, 5) is 17.5. The summed E-state index contributed by atoms with van der Waals surface area (Å²) in [5.74, 6) is 0.653. The highest BCUT2D eigenvalue weighted by atomic mass is 79.9. The predicted molar refractivity (Wildman–Crippen MR) is 89.9 cm³/mol. The summed E-state index contributed by atoms with van der Waals surface area (Å²) in [5, 5.41) is 11.5. The van der Waals surface area contributed by atoms with Crippen molar-refractivity contribution >= 4 is 44.5 Å². The first-order valence-corrected chi connectivity index (χ1v) is 9.03. The topological polar surface area (TPSA) is 68.0 Å². The fourth-order valence-corrected chi connectivity index (χ4v) is 4.17. The van der Waals surface area contributed by atoms with Crippen LogP contribution in [-0.2, 0) is 17.8 Å². The Balaban J connectivity index is 1.56. The molecule has 3 heterocycles. The molecule has 0 aromatic carbocycles. The number of aryl methyl sites for hydroxylation is 1. The number of carbonyl (C=O) groups is 1. The number of nitrogens with one attached hydrogen (secondary N) is 1. The van der Waals surface area contributed by atoms with Gasteiger partial charge in [0.1, 0.15) is 16.5 Å². The third-order valence-electron chi connectivity index (χ3n) is 2.82. The van der Waals surface area contributed by atoms with E-state index in [1.165, 1.54) is 0 Å². The van der Waals surface area contributed by atoms with Gasteiger partial charge in [-0.3, -0.25) is 4.79 Å². The number of hydrogen-bond donors (Lipinski definition) is 1. The Morgan fingerprint density at radius 3 is 2.86 bits per heavy atom. The first-order chi connectivity index (χ1) is 10.6. The van der Waals surface area contributed by atoms with Crippen LogP contribution in [-0.4, -0.2) is 16.0 Å². The maximum absolute atomic E-state index is 11.9. The first-order valence-electron chi connectivity index (χ1n) is 6.48. The molecule has 0 saturated heterocycles. The highest BCUT2D eigenvalue weighted by molar-refractivity contribution is 9.10. The SMILES string of the molecule is Cc1cc(CNC(=O)Cc2csc(-c3cc(Br)cs3)n2)no1. The van der Waals surface area contributed by atoms with E-state index in [2.05, 4.69) is 31.4 Å². The zero-order chi connectivity index (χ0) is 15.5. The Morgan fingerprint density at radius 1 is 1.32 bits per heavy atom. The van der Waals surface area contributed by atoms with E-state index in [1.54, 1.807) is 28.7 Å². The van der Waals surface area contributed by atoms with Gasteiger partial charge >= 0.3 is 0 Å². The summed E-state index contributed by atoms with van der Waals surface area (Å²) >= 11 is 6.60. The van der Waals surface area contributed by atoms with Crippen LogP contribution < -0.4 is 5.32 Å². The summed E-state index contributed by atoms with van der Waals surface area (Å²) in [5.41, 5.74) is 1.49. The number of halogens is 1. The van der Waals surface area contributed by atoms with Crippen LogP contribution >= 0.6 is 38.6 Å². The number of amides is 1. The van der Waals surface area contributed by atoms with E-state index < -0.39 is 0 Å². The largest absolute Gasteiger partial charge is 0.361 e. The molecule has 8 heteroatoms. The number of thiophene rings is 1. The van der Waals surface area contributed by atoms with Gasteiger partial charge in [0.15, 0.2) is 0 Å². The average Bonchev–Trinajstić information content (AvgIpc) is 3.18. The van der Waals surface area contributed by atoms with Crippen LogP contribution in [0.25, 0.3) is 9.88 Å². The van der Waals surface area contributed by atoms with Crippen molar-refractivity contribution in [3.8, 4) is 9.88 Å². The van der Waals surface area contributed by atoms with Crippen molar-refractivity contribution in [2.45, 2.75) is 19.9 Å². The Morgan fingerprint density at radius 2 is 2.18 bits per heavy atom. The monoisotopic (exact) mass is 397 g/mol. The molecule has 114 valence electrons. The van der Waals surface area contributed by atoms with Gasteiger partial charge in [0.2, 0.25) is 5.91 Å². The zero-order valence-electron chi connectivity index (χ0n) is 11.6. The number of nitrogens with zero attached hydrogens (tertiary/aromatic N) is 2. The van der Waals surface area contributed by atoms with Gasteiger partial charge in [-0.15, -0.1) is 22.7 Å². The van der Waals surface area contributed by atoms with Gasteiger partial charge < -0.3 is 9.84 Å². The van der Waals surface area contributed by atoms with Gasteiger partial charge in [0.25, 0.3) is 0 Å². The highest BCUT2D eigenvalue weighted by Crippen LogP contribution is 2.32. The molecule has 3 rings (SSSR count). The highest BCUT2D eigenvalue weighted by Gasteiger charge is 2.11. The minimum atomic E-state index is -0.0788. The maximum atomic E-state index is 11.9. The Bertz CT molecular complexity index is 793. The van der Waals surface area contributed by atoms with E-state index in [0.29, 0.717) is 12.2 Å². The summed E-state index contributed by atoms with van der Waals surface area (Å²) in [6.07, 6.45) is 0.264. The lowest BCUT2D eigenvalue weighted by Crippen LogP contribution is -2.24. The molecular formula is C14H12BrN3O2S2. The minimum absolute atomic E-state index is 0.0788.